The summed E-state index contributed by atoms with van der Waals surface area (Å²) in [6.45, 7) is 3.79. The van der Waals surface area contributed by atoms with E-state index >= 15 is 0 Å². The number of hydrogen-bond donors (Lipinski definition) is 1. The van der Waals surface area contributed by atoms with Crippen LogP contribution in [0.1, 0.15) is 36.9 Å². The Hall–Kier alpha value is -3.80. The molecule has 3 aromatic carbocycles. The number of amides is 1. The van der Waals surface area contributed by atoms with Gasteiger partial charge in [0, 0.05) is 37.8 Å². The van der Waals surface area contributed by atoms with E-state index in [1.807, 2.05) is 61.7 Å². The highest BCUT2D eigenvalue weighted by Crippen LogP contribution is 2.37. The maximum absolute atomic E-state index is 13.5. The van der Waals surface area contributed by atoms with Gasteiger partial charge in [0.15, 0.2) is 5.72 Å². The van der Waals surface area contributed by atoms with E-state index in [4.69, 9.17) is 4.74 Å². The summed E-state index contributed by atoms with van der Waals surface area (Å²) in [5, 5.41) is 3.11. The van der Waals surface area contributed by atoms with Gasteiger partial charge in [0.25, 0.3) is 0 Å². The minimum absolute atomic E-state index is 0.0722. The summed E-state index contributed by atoms with van der Waals surface area (Å²) in [6, 6.07) is 30.8. The van der Waals surface area contributed by atoms with Crippen molar-refractivity contribution in [2.45, 2.75) is 38.3 Å². The van der Waals surface area contributed by atoms with Gasteiger partial charge in [-0.1, -0.05) is 73.2 Å². The molecule has 0 spiro atoms. The highest BCUT2D eigenvalue weighted by molar-refractivity contribution is 5.91. The zero-order chi connectivity index (χ0) is 26.4. The van der Waals surface area contributed by atoms with Crippen LogP contribution in [-0.4, -0.2) is 36.0 Å². The van der Waals surface area contributed by atoms with Crippen LogP contribution in [0.2, 0.25) is 0 Å². The van der Waals surface area contributed by atoms with Crippen molar-refractivity contribution in [3.8, 4) is 22.3 Å². The van der Waals surface area contributed by atoms with Gasteiger partial charge >= 0.3 is 0 Å². The first-order valence-corrected chi connectivity index (χ1v) is 13.4. The van der Waals surface area contributed by atoms with Crippen molar-refractivity contribution in [1.29, 1.82) is 0 Å². The Balaban J connectivity index is 1.37. The third kappa shape index (κ3) is 5.69. The SMILES string of the molecule is COC(CC(=O)Nc1ccc(-c2ccnc(C)c2)cc1)(c1ccc(-c2ccccc2)cc1)N1CCCCC1. The van der Waals surface area contributed by atoms with Crippen molar-refractivity contribution in [1.82, 2.24) is 9.88 Å². The molecule has 194 valence electrons. The van der Waals surface area contributed by atoms with Gasteiger partial charge in [-0.05, 0) is 71.8 Å². The number of methoxy groups -OCH3 is 1. The first-order chi connectivity index (χ1) is 18.6. The smallest absolute Gasteiger partial charge is 0.229 e. The molecule has 1 aliphatic heterocycles. The molecule has 1 unspecified atom stereocenters. The number of hydrogen-bond acceptors (Lipinski definition) is 4. The lowest BCUT2D eigenvalue weighted by molar-refractivity contribution is -0.163. The van der Waals surface area contributed by atoms with E-state index in [0.29, 0.717) is 0 Å². The molecule has 4 aromatic rings. The van der Waals surface area contributed by atoms with E-state index in [9.17, 15) is 4.79 Å². The molecule has 1 aromatic heterocycles. The van der Waals surface area contributed by atoms with Crippen molar-refractivity contribution < 1.29 is 9.53 Å². The zero-order valence-electron chi connectivity index (χ0n) is 22.2. The van der Waals surface area contributed by atoms with Crippen molar-refractivity contribution in [3.05, 3.63) is 108 Å². The number of rotatable bonds is 8. The van der Waals surface area contributed by atoms with E-state index < -0.39 is 5.72 Å². The third-order valence-electron chi connectivity index (χ3n) is 7.45. The van der Waals surface area contributed by atoms with E-state index in [0.717, 1.165) is 59.6 Å². The van der Waals surface area contributed by atoms with Crippen LogP contribution in [0.5, 0.6) is 0 Å². The van der Waals surface area contributed by atoms with Gasteiger partial charge in [-0.2, -0.15) is 0 Å². The third-order valence-corrected chi connectivity index (χ3v) is 7.45. The van der Waals surface area contributed by atoms with Gasteiger partial charge in [-0.3, -0.25) is 14.7 Å². The Labute approximate surface area is 225 Å². The minimum Gasteiger partial charge on any atom is -0.359 e. The summed E-state index contributed by atoms with van der Waals surface area (Å²) in [6.07, 6.45) is 5.44. The number of aromatic nitrogens is 1. The Bertz CT molecular complexity index is 1350. The fraction of sp³-hybridized carbons (Fsp3) is 0.273. The van der Waals surface area contributed by atoms with Gasteiger partial charge in [-0.15, -0.1) is 0 Å². The second-order valence-electron chi connectivity index (χ2n) is 9.97. The van der Waals surface area contributed by atoms with Gasteiger partial charge < -0.3 is 10.1 Å². The standard InChI is InChI=1S/C33H35N3O2/c1-25-23-29(19-20-34-25)28-13-17-31(18-14-28)35-32(37)24-33(38-2,36-21-7-4-8-22-36)30-15-11-27(12-16-30)26-9-5-3-6-10-26/h3,5-6,9-20,23H,4,7-8,21-22,24H2,1-2H3,(H,35,37). The number of pyridine rings is 1. The number of carbonyl (C=O) groups excluding carboxylic acids is 1. The van der Waals surface area contributed by atoms with Gasteiger partial charge in [-0.25, -0.2) is 0 Å². The molecule has 0 radical (unpaired) electrons. The molecule has 1 saturated heterocycles. The lowest BCUT2D eigenvalue weighted by Crippen LogP contribution is -2.51. The number of nitrogens with zero attached hydrogens (tertiary/aromatic N) is 2. The summed E-state index contributed by atoms with van der Waals surface area (Å²) < 4.78 is 6.26. The maximum Gasteiger partial charge on any atom is 0.229 e. The Kier molecular flexibility index (Phi) is 7.97. The highest BCUT2D eigenvalue weighted by Gasteiger charge is 2.41. The van der Waals surface area contributed by atoms with Gasteiger partial charge in [0.05, 0.1) is 6.42 Å². The molecule has 1 atom stereocenters. The lowest BCUT2D eigenvalue weighted by Gasteiger charge is -2.44. The molecular weight excluding hydrogens is 470 g/mol. The second kappa shape index (κ2) is 11.7. The van der Waals surface area contributed by atoms with Crippen LogP contribution < -0.4 is 5.32 Å². The fourth-order valence-electron chi connectivity index (χ4n) is 5.42. The molecular formula is C33H35N3O2. The van der Waals surface area contributed by atoms with E-state index in [1.165, 1.54) is 12.0 Å². The van der Waals surface area contributed by atoms with Crippen LogP contribution in [0.25, 0.3) is 22.3 Å². The molecule has 5 rings (SSSR count). The molecule has 1 fully saturated rings. The van der Waals surface area contributed by atoms with Gasteiger partial charge in [0.1, 0.15) is 0 Å². The van der Waals surface area contributed by atoms with Crippen molar-refractivity contribution in [3.63, 3.8) is 0 Å². The number of ether oxygens (including phenoxy) is 1. The largest absolute Gasteiger partial charge is 0.359 e. The van der Waals surface area contributed by atoms with Crippen LogP contribution in [0.4, 0.5) is 5.69 Å². The molecule has 0 bridgehead atoms. The van der Waals surface area contributed by atoms with Crippen LogP contribution in [0.3, 0.4) is 0 Å². The van der Waals surface area contributed by atoms with Crippen molar-refractivity contribution >= 4 is 11.6 Å². The van der Waals surface area contributed by atoms with E-state index in [1.54, 1.807) is 7.11 Å². The van der Waals surface area contributed by atoms with Gasteiger partial charge in [0.2, 0.25) is 5.91 Å². The second-order valence-corrected chi connectivity index (χ2v) is 9.97. The number of aryl methyl sites for hydroxylation is 1. The molecule has 38 heavy (non-hydrogen) atoms. The van der Waals surface area contributed by atoms with Crippen LogP contribution in [-0.2, 0) is 15.3 Å². The molecule has 1 aliphatic rings. The molecule has 5 heteroatoms. The number of benzene rings is 3. The molecule has 0 saturated carbocycles. The predicted molar refractivity (Wildman–Crippen MR) is 154 cm³/mol. The summed E-state index contributed by atoms with van der Waals surface area (Å²) in [4.78, 5) is 20.1. The first kappa shape index (κ1) is 25.8. The maximum atomic E-state index is 13.5. The normalized spacial score (nSPS) is 15.5. The summed E-state index contributed by atoms with van der Waals surface area (Å²) in [7, 11) is 1.72. The molecule has 0 aliphatic carbocycles. The lowest BCUT2D eigenvalue weighted by atomic mass is 9.92. The molecule has 1 amide bonds. The Morgan fingerprint density at radius 1 is 0.842 bits per heavy atom. The molecule has 1 N–H and O–H groups in total. The van der Waals surface area contributed by atoms with Crippen molar-refractivity contribution in [2.24, 2.45) is 0 Å². The zero-order valence-corrected chi connectivity index (χ0v) is 22.2. The molecule has 2 heterocycles. The number of piperidine rings is 1. The predicted octanol–water partition coefficient (Wildman–Crippen LogP) is 7.04. The fourth-order valence-corrected chi connectivity index (χ4v) is 5.42. The monoisotopic (exact) mass is 505 g/mol. The van der Waals surface area contributed by atoms with Crippen LogP contribution >= 0.6 is 0 Å². The van der Waals surface area contributed by atoms with Crippen LogP contribution in [0.15, 0.2) is 97.2 Å². The number of carbonyl (C=O) groups is 1. The Morgan fingerprint density at radius 3 is 2.13 bits per heavy atom. The minimum atomic E-state index is -0.825. The summed E-state index contributed by atoms with van der Waals surface area (Å²) in [5.41, 5.74) is 6.44. The average molecular weight is 506 g/mol. The van der Waals surface area contributed by atoms with E-state index in [2.05, 4.69) is 57.7 Å². The number of anilines is 1. The topological polar surface area (TPSA) is 54.5 Å². The average Bonchev–Trinajstić information content (AvgIpc) is 2.97. The molecule has 5 nitrogen and oxygen atoms in total. The van der Waals surface area contributed by atoms with E-state index in [-0.39, 0.29) is 12.3 Å². The van der Waals surface area contributed by atoms with Crippen molar-refractivity contribution in [2.75, 3.05) is 25.5 Å². The summed E-state index contributed by atoms with van der Waals surface area (Å²) >= 11 is 0. The number of likely N-dealkylation sites (tertiary alicyclic amines) is 1. The first-order valence-electron chi connectivity index (χ1n) is 13.4. The quantitative estimate of drug-likeness (QED) is 0.279. The van der Waals surface area contributed by atoms with Crippen LogP contribution in [0, 0.1) is 6.92 Å². The number of nitrogens with one attached hydrogen (secondary N) is 1. The Morgan fingerprint density at radius 2 is 1.47 bits per heavy atom. The highest BCUT2D eigenvalue weighted by atomic mass is 16.5. The summed E-state index contributed by atoms with van der Waals surface area (Å²) in [5.74, 6) is -0.0722.